The van der Waals surface area contributed by atoms with Gasteiger partial charge in [0, 0.05) is 31.7 Å². The number of nitrogens with zero attached hydrogens (tertiary/aromatic N) is 1. The minimum Gasteiger partial charge on any atom is -0.311 e. The van der Waals surface area contributed by atoms with Crippen molar-refractivity contribution in [1.29, 1.82) is 0 Å². The van der Waals surface area contributed by atoms with E-state index in [2.05, 4.69) is 37.9 Å². The van der Waals surface area contributed by atoms with Crippen LogP contribution in [0.25, 0.3) is 0 Å². The molecule has 2 unspecified atom stereocenters. The van der Waals surface area contributed by atoms with Crippen LogP contribution in [-0.2, 0) is 0 Å². The summed E-state index contributed by atoms with van der Waals surface area (Å²) in [7, 11) is 0. The van der Waals surface area contributed by atoms with Crippen LogP contribution in [0.1, 0.15) is 59.8 Å². The van der Waals surface area contributed by atoms with E-state index in [1.165, 1.54) is 51.7 Å². The van der Waals surface area contributed by atoms with Crippen molar-refractivity contribution >= 4 is 0 Å². The molecule has 0 radical (unpaired) electrons. The molecule has 2 nitrogen and oxygen atoms in total. The van der Waals surface area contributed by atoms with E-state index in [9.17, 15) is 0 Å². The molecule has 1 saturated carbocycles. The summed E-state index contributed by atoms with van der Waals surface area (Å²) in [5, 5.41) is 3.81. The molecule has 2 aliphatic rings. The highest BCUT2D eigenvalue weighted by Crippen LogP contribution is 2.29. The van der Waals surface area contributed by atoms with Gasteiger partial charge in [0.05, 0.1) is 0 Å². The molecular formula is C16H32N2. The molecule has 2 rings (SSSR count). The van der Waals surface area contributed by atoms with E-state index in [4.69, 9.17) is 0 Å². The Labute approximate surface area is 114 Å². The molecule has 18 heavy (non-hydrogen) atoms. The highest BCUT2D eigenvalue weighted by molar-refractivity contribution is 4.90. The van der Waals surface area contributed by atoms with Crippen molar-refractivity contribution in [3.05, 3.63) is 0 Å². The maximum Gasteiger partial charge on any atom is 0.0224 e. The van der Waals surface area contributed by atoms with E-state index < -0.39 is 0 Å². The molecule has 0 spiro atoms. The van der Waals surface area contributed by atoms with Crippen LogP contribution in [0.2, 0.25) is 0 Å². The Bertz CT molecular complexity index is 250. The van der Waals surface area contributed by atoms with E-state index >= 15 is 0 Å². The summed E-state index contributed by atoms with van der Waals surface area (Å²) in [4.78, 5) is 2.72. The molecule has 1 saturated heterocycles. The van der Waals surface area contributed by atoms with Crippen LogP contribution < -0.4 is 5.32 Å². The SMILES string of the molecule is CC1CNC(C2CCCCC2)CN1CC(C)(C)C. The first-order valence-corrected chi connectivity index (χ1v) is 7.93. The molecule has 2 fully saturated rings. The van der Waals surface area contributed by atoms with Gasteiger partial charge in [0.1, 0.15) is 0 Å². The monoisotopic (exact) mass is 252 g/mol. The van der Waals surface area contributed by atoms with Crippen LogP contribution in [-0.4, -0.2) is 36.6 Å². The molecule has 0 aromatic rings. The van der Waals surface area contributed by atoms with Crippen LogP contribution in [0.4, 0.5) is 0 Å². The third-order valence-corrected chi connectivity index (χ3v) is 4.63. The van der Waals surface area contributed by atoms with E-state index in [1.54, 1.807) is 0 Å². The van der Waals surface area contributed by atoms with Gasteiger partial charge >= 0.3 is 0 Å². The standard InChI is InChI=1S/C16H32N2/c1-13-10-17-15(14-8-6-5-7-9-14)11-18(13)12-16(2,3)4/h13-15,17H,5-12H2,1-4H3. The zero-order chi connectivity index (χ0) is 13.2. The average Bonchev–Trinajstić information content (AvgIpc) is 2.31. The minimum absolute atomic E-state index is 0.419. The predicted molar refractivity (Wildman–Crippen MR) is 78.9 cm³/mol. The van der Waals surface area contributed by atoms with Crippen molar-refractivity contribution in [2.45, 2.75) is 71.9 Å². The van der Waals surface area contributed by atoms with Gasteiger partial charge in [0.2, 0.25) is 0 Å². The highest BCUT2D eigenvalue weighted by atomic mass is 15.2. The van der Waals surface area contributed by atoms with Crippen LogP contribution >= 0.6 is 0 Å². The Morgan fingerprint density at radius 1 is 1.11 bits per heavy atom. The summed E-state index contributed by atoms with van der Waals surface area (Å²) in [6.07, 6.45) is 7.28. The maximum absolute atomic E-state index is 3.81. The summed E-state index contributed by atoms with van der Waals surface area (Å²) in [5.74, 6) is 0.939. The molecular weight excluding hydrogens is 220 g/mol. The van der Waals surface area contributed by atoms with Gasteiger partial charge in [-0.25, -0.2) is 0 Å². The number of piperazine rings is 1. The molecule has 0 aromatic carbocycles. The van der Waals surface area contributed by atoms with Gasteiger partial charge in [-0.05, 0) is 31.1 Å². The molecule has 0 bridgehead atoms. The molecule has 1 heterocycles. The average molecular weight is 252 g/mol. The Kier molecular flexibility index (Phi) is 4.71. The fourth-order valence-electron chi connectivity index (χ4n) is 3.63. The lowest BCUT2D eigenvalue weighted by Crippen LogP contribution is -2.59. The maximum atomic E-state index is 3.81. The first-order valence-electron chi connectivity index (χ1n) is 7.93. The second kappa shape index (κ2) is 5.92. The summed E-state index contributed by atoms with van der Waals surface area (Å²) >= 11 is 0. The fraction of sp³-hybridized carbons (Fsp3) is 1.00. The van der Waals surface area contributed by atoms with Gasteiger partial charge in [-0.1, -0.05) is 40.0 Å². The largest absolute Gasteiger partial charge is 0.311 e. The molecule has 1 N–H and O–H groups in total. The summed E-state index contributed by atoms with van der Waals surface area (Å²) < 4.78 is 0. The normalized spacial score (nSPS) is 32.7. The lowest BCUT2D eigenvalue weighted by Gasteiger charge is -2.44. The Morgan fingerprint density at radius 3 is 2.39 bits per heavy atom. The van der Waals surface area contributed by atoms with Gasteiger partial charge in [-0.2, -0.15) is 0 Å². The Balaban J connectivity index is 1.90. The Hall–Kier alpha value is -0.0800. The van der Waals surface area contributed by atoms with Crippen LogP contribution in [0.3, 0.4) is 0 Å². The molecule has 2 atom stereocenters. The quantitative estimate of drug-likeness (QED) is 0.811. The lowest BCUT2D eigenvalue weighted by atomic mass is 9.82. The number of hydrogen-bond acceptors (Lipinski definition) is 2. The number of rotatable bonds is 2. The van der Waals surface area contributed by atoms with E-state index in [0.29, 0.717) is 11.5 Å². The van der Waals surface area contributed by atoms with Crippen molar-refractivity contribution in [3.63, 3.8) is 0 Å². The zero-order valence-electron chi connectivity index (χ0n) is 12.8. The Morgan fingerprint density at radius 2 is 1.78 bits per heavy atom. The first-order chi connectivity index (χ1) is 8.46. The third kappa shape index (κ3) is 3.96. The van der Waals surface area contributed by atoms with E-state index in [1.807, 2.05) is 0 Å². The molecule has 1 aliphatic carbocycles. The van der Waals surface area contributed by atoms with Crippen LogP contribution in [0.15, 0.2) is 0 Å². The van der Waals surface area contributed by atoms with Crippen molar-refractivity contribution < 1.29 is 0 Å². The van der Waals surface area contributed by atoms with Gasteiger partial charge in [-0.3, -0.25) is 4.90 Å². The highest BCUT2D eigenvalue weighted by Gasteiger charge is 2.32. The molecule has 106 valence electrons. The molecule has 0 aromatic heterocycles. The van der Waals surface area contributed by atoms with E-state index in [-0.39, 0.29) is 0 Å². The van der Waals surface area contributed by atoms with Crippen molar-refractivity contribution in [1.82, 2.24) is 10.2 Å². The first kappa shape index (κ1) is 14.3. The smallest absolute Gasteiger partial charge is 0.0224 e. The number of nitrogens with one attached hydrogen (secondary N) is 1. The fourth-order valence-corrected chi connectivity index (χ4v) is 3.63. The lowest BCUT2D eigenvalue weighted by molar-refractivity contribution is 0.0745. The van der Waals surface area contributed by atoms with Gasteiger partial charge < -0.3 is 5.32 Å². The summed E-state index contributed by atoms with van der Waals surface area (Å²) in [6, 6.07) is 1.45. The van der Waals surface area contributed by atoms with Crippen LogP contribution in [0.5, 0.6) is 0 Å². The van der Waals surface area contributed by atoms with Crippen molar-refractivity contribution in [2.24, 2.45) is 11.3 Å². The third-order valence-electron chi connectivity index (χ3n) is 4.63. The second-order valence-electron chi connectivity index (χ2n) is 7.75. The second-order valence-corrected chi connectivity index (χ2v) is 7.75. The predicted octanol–water partition coefficient (Wildman–Crippen LogP) is 3.28. The topological polar surface area (TPSA) is 15.3 Å². The van der Waals surface area contributed by atoms with Crippen molar-refractivity contribution in [3.8, 4) is 0 Å². The van der Waals surface area contributed by atoms with Crippen LogP contribution in [0, 0.1) is 11.3 Å². The van der Waals surface area contributed by atoms with Gasteiger partial charge in [-0.15, -0.1) is 0 Å². The summed E-state index contributed by atoms with van der Waals surface area (Å²) in [5.41, 5.74) is 0.419. The zero-order valence-corrected chi connectivity index (χ0v) is 12.8. The van der Waals surface area contributed by atoms with Gasteiger partial charge in [0.25, 0.3) is 0 Å². The van der Waals surface area contributed by atoms with Crippen molar-refractivity contribution in [2.75, 3.05) is 19.6 Å². The molecule has 2 heteroatoms. The van der Waals surface area contributed by atoms with E-state index in [0.717, 1.165) is 12.0 Å². The molecule has 0 amide bonds. The van der Waals surface area contributed by atoms with Gasteiger partial charge in [0.15, 0.2) is 0 Å². The molecule has 1 aliphatic heterocycles. The summed E-state index contributed by atoms with van der Waals surface area (Å²) in [6.45, 7) is 13.1. The minimum atomic E-state index is 0.419. The number of hydrogen-bond donors (Lipinski definition) is 1.